The van der Waals surface area contributed by atoms with Crippen LogP contribution in [0.3, 0.4) is 0 Å². The van der Waals surface area contributed by atoms with Crippen LogP contribution in [0.4, 0.5) is 0 Å². The molecule has 2 N–H and O–H groups in total. The molecule has 3 heterocycles. The molecule has 1 unspecified atom stereocenters. The smallest absolute Gasteiger partial charge is 0.181 e. The molecule has 0 aliphatic carbocycles. The molecule has 0 bridgehead atoms. The summed E-state index contributed by atoms with van der Waals surface area (Å²) in [5.74, 6) is 0.646. The number of halogens is 1. The van der Waals surface area contributed by atoms with E-state index in [-0.39, 0.29) is 0 Å². The highest BCUT2D eigenvalue weighted by Gasteiger charge is 2.14. The van der Waals surface area contributed by atoms with E-state index >= 15 is 0 Å². The van der Waals surface area contributed by atoms with Gasteiger partial charge in [0.05, 0.1) is 22.2 Å². The van der Waals surface area contributed by atoms with E-state index in [1.54, 1.807) is 12.3 Å². The third kappa shape index (κ3) is 6.05. The quantitative estimate of drug-likeness (QED) is 0.706. The number of pyridine rings is 1. The molecule has 2 aromatic rings. The van der Waals surface area contributed by atoms with Gasteiger partial charge in [0.2, 0.25) is 0 Å². The topological polar surface area (TPSA) is 70.7 Å². The average molecular weight is 403 g/mol. The van der Waals surface area contributed by atoms with Crippen molar-refractivity contribution in [2.24, 2.45) is 0 Å². The molecule has 1 atom stereocenters. The standard InChI is InChI=1S/C13H14N4OS.C7H9Cl/c1-2-19(18)9-5-6-11(15-8-9)12-10-4-3-7-14-13(10)17-16-12;1-3-4-5-6-7(2)8/h3-4,6-8,15H,2,5H2,1H3,(H,14,16,17);3-6H,1H2,2H3/b;5-4-,7-6+. The van der Waals surface area contributed by atoms with E-state index in [9.17, 15) is 4.21 Å². The molecule has 0 aromatic carbocycles. The van der Waals surface area contributed by atoms with Crippen molar-refractivity contribution in [3.63, 3.8) is 0 Å². The molecule has 3 rings (SSSR count). The lowest BCUT2D eigenvalue weighted by atomic mass is 10.1. The Bertz CT molecular complexity index is 936. The van der Waals surface area contributed by atoms with Gasteiger partial charge in [-0.2, -0.15) is 5.10 Å². The van der Waals surface area contributed by atoms with E-state index in [0.717, 1.165) is 26.7 Å². The third-order valence-corrected chi connectivity index (χ3v) is 5.14. The van der Waals surface area contributed by atoms with Crippen molar-refractivity contribution >= 4 is 39.1 Å². The van der Waals surface area contributed by atoms with Crippen molar-refractivity contribution in [1.82, 2.24) is 20.5 Å². The number of aromatic nitrogens is 3. The second kappa shape index (κ2) is 10.6. The van der Waals surface area contributed by atoms with Crippen LogP contribution in [0.2, 0.25) is 0 Å². The Morgan fingerprint density at radius 2 is 2.26 bits per heavy atom. The maximum absolute atomic E-state index is 11.7. The molecule has 0 saturated heterocycles. The molecule has 0 radical (unpaired) electrons. The zero-order valence-electron chi connectivity index (χ0n) is 15.4. The number of hydrogen-bond donors (Lipinski definition) is 2. The number of allylic oxidation sites excluding steroid dienone is 7. The van der Waals surface area contributed by atoms with Gasteiger partial charge in [-0.15, -0.1) is 0 Å². The fourth-order valence-electron chi connectivity index (χ4n) is 2.32. The van der Waals surface area contributed by atoms with E-state index in [2.05, 4.69) is 27.1 Å². The number of aromatic amines is 1. The van der Waals surface area contributed by atoms with Crippen LogP contribution in [0.1, 0.15) is 26.0 Å². The van der Waals surface area contributed by atoms with Gasteiger partial charge in [0.1, 0.15) is 0 Å². The number of nitrogens with one attached hydrogen (secondary N) is 2. The van der Waals surface area contributed by atoms with Gasteiger partial charge in [-0.1, -0.05) is 49.4 Å². The second-order valence-electron chi connectivity index (χ2n) is 5.56. The fraction of sp³-hybridized carbons (Fsp3) is 0.200. The molecule has 0 spiro atoms. The zero-order valence-corrected chi connectivity index (χ0v) is 17.0. The van der Waals surface area contributed by atoms with E-state index in [1.807, 2.05) is 56.5 Å². The first-order valence-corrected chi connectivity index (χ1v) is 10.2. The molecule has 1 aliphatic rings. The lowest BCUT2D eigenvalue weighted by molar-refractivity contribution is 0.686. The summed E-state index contributed by atoms with van der Waals surface area (Å²) >= 11 is 5.49. The zero-order chi connectivity index (χ0) is 19.6. The Morgan fingerprint density at radius 3 is 2.89 bits per heavy atom. The van der Waals surface area contributed by atoms with Crippen molar-refractivity contribution in [1.29, 1.82) is 0 Å². The molecule has 0 fully saturated rings. The minimum Gasteiger partial charge on any atom is -0.359 e. The summed E-state index contributed by atoms with van der Waals surface area (Å²) in [6.07, 6.45) is 13.5. The largest absolute Gasteiger partial charge is 0.359 e. The minimum atomic E-state index is -0.886. The molecule has 1 aliphatic heterocycles. The van der Waals surface area contributed by atoms with Gasteiger partial charge >= 0.3 is 0 Å². The number of H-pyrrole nitrogens is 1. The SMILES string of the molecule is C=C/C=C\C=C(/C)Cl.CCS(=O)C1=CNC(c2[nH]nc3ncccc23)=CC1. The van der Waals surface area contributed by atoms with Gasteiger partial charge in [-0.3, -0.25) is 9.31 Å². The van der Waals surface area contributed by atoms with Crippen molar-refractivity contribution < 1.29 is 4.21 Å². The van der Waals surface area contributed by atoms with Crippen molar-refractivity contribution in [2.45, 2.75) is 20.3 Å². The van der Waals surface area contributed by atoms with Gasteiger partial charge in [-0.25, -0.2) is 4.98 Å². The monoisotopic (exact) mass is 402 g/mol. The maximum atomic E-state index is 11.7. The summed E-state index contributed by atoms with van der Waals surface area (Å²) < 4.78 is 11.7. The van der Waals surface area contributed by atoms with Gasteiger partial charge < -0.3 is 5.32 Å². The molecule has 2 aromatic heterocycles. The van der Waals surface area contributed by atoms with Crippen LogP contribution < -0.4 is 5.32 Å². The lowest BCUT2D eigenvalue weighted by Gasteiger charge is -2.14. The van der Waals surface area contributed by atoms with Crippen LogP contribution >= 0.6 is 11.6 Å². The first-order valence-electron chi connectivity index (χ1n) is 8.51. The van der Waals surface area contributed by atoms with E-state index < -0.39 is 10.8 Å². The molecule has 0 amide bonds. The van der Waals surface area contributed by atoms with Gasteiger partial charge in [0.25, 0.3) is 0 Å². The van der Waals surface area contributed by atoms with Crippen LogP contribution in [0, 0.1) is 0 Å². The Hall–Kier alpha value is -2.44. The van der Waals surface area contributed by atoms with Crippen LogP contribution in [0.5, 0.6) is 0 Å². The van der Waals surface area contributed by atoms with Crippen molar-refractivity contribution in [2.75, 3.05) is 5.75 Å². The lowest BCUT2D eigenvalue weighted by Crippen LogP contribution is -2.13. The van der Waals surface area contributed by atoms with Gasteiger partial charge in [0.15, 0.2) is 5.65 Å². The highest BCUT2D eigenvalue weighted by atomic mass is 35.5. The highest BCUT2D eigenvalue weighted by Crippen LogP contribution is 2.24. The Balaban J connectivity index is 0.000000279. The fourth-order valence-corrected chi connectivity index (χ4v) is 3.22. The van der Waals surface area contributed by atoms with Crippen LogP contribution in [0.25, 0.3) is 16.7 Å². The van der Waals surface area contributed by atoms with Crippen LogP contribution in [-0.2, 0) is 10.8 Å². The molecule has 142 valence electrons. The number of rotatable bonds is 5. The maximum Gasteiger partial charge on any atom is 0.181 e. The van der Waals surface area contributed by atoms with Gasteiger partial charge in [0, 0.05) is 39.9 Å². The Labute approximate surface area is 167 Å². The summed E-state index contributed by atoms with van der Waals surface area (Å²) in [4.78, 5) is 5.12. The number of dihydropyridines is 1. The van der Waals surface area contributed by atoms with Crippen molar-refractivity contribution in [3.05, 3.63) is 77.1 Å². The van der Waals surface area contributed by atoms with E-state index in [1.165, 1.54) is 0 Å². The summed E-state index contributed by atoms with van der Waals surface area (Å²) in [5.41, 5.74) is 2.57. The Kier molecular flexibility index (Phi) is 8.23. The van der Waals surface area contributed by atoms with E-state index in [0.29, 0.717) is 17.8 Å². The second-order valence-corrected chi connectivity index (χ2v) is 7.95. The minimum absolute atomic E-state index is 0.646. The molecule has 5 nitrogen and oxygen atoms in total. The van der Waals surface area contributed by atoms with Crippen LogP contribution in [-0.4, -0.2) is 25.1 Å². The summed E-state index contributed by atoms with van der Waals surface area (Å²) in [5, 5.41) is 12.1. The summed E-state index contributed by atoms with van der Waals surface area (Å²) in [6.45, 7) is 7.25. The number of hydrogen-bond acceptors (Lipinski definition) is 4. The average Bonchev–Trinajstić information content (AvgIpc) is 3.12. The predicted molar refractivity (Wildman–Crippen MR) is 115 cm³/mol. The van der Waals surface area contributed by atoms with Gasteiger partial charge in [-0.05, 0) is 25.1 Å². The first kappa shape index (κ1) is 20.9. The summed E-state index contributed by atoms with van der Waals surface area (Å²) in [7, 11) is -0.886. The normalized spacial score (nSPS) is 15.4. The summed E-state index contributed by atoms with van der Waals surface area (Å²) in [6, 6.07) is 3.87. The molecule has 7 heteroatoms. The molecular weight excluding hydrogens is 380 g/mol. The Morgan fingerprint density at radius 1 is 1.44 bits per heavy atom. The highest BCUT2D eigenvalue weighted by molar-refractivity contribution is 7.88. The number of fused-ring (bicyclic) bond motifs is 1. The molecular formula is C20H23ClN4OS. The van der Waals surface area contributed by atoms with Crippen molar-refractivity contribution in [3.8, 4) is 0 Å². The third-order valence-electron chi connectivity index (χ3n) is 3.62. The first-order chi connectivity index (χ1) is 13.1. The van der Waals surface area contributed by atoms with Crippen LogP contribution in [0.15, 0.2) is 71.4 Å². The predicted octanol–water partition coefficient (Wildman–Crippen LogP) is 4.77. The number of nitrogens with zero attached hydrogens (tertiary/aromatic N) is 2. The van der Waals surface area contributed by atoms with E-state index in [4.69, 9.17) is 11.6 Å². The molecule has 0 saturated carbocycles. The molecule has 27 heavy (non-hydrogen) atoms.